The van der Waals surface area contributed by atoms with Gasteiger partial charge < -0.3 is 24.3 Å². The number of nitrogens with zero attached hydrogens (tertiary/aromatic N) is 7. The molecule has 4 rings (SSSR count). The number of nitrogens with two attached hydrogens (primary N) is 1. The van der Waals surface area contributed by atoms with Gasteiger partial charge in [0.05, 0.1) is 19.5 Å². The summed E-state index contributed by atoms with van der Waals surface area (Å²) < 4.78 is 24.0. The molecule has 1 unspecified atom stereocenters. The van der Waals surface area contributed by atoms with Crippen LogP contribution in [0.1, 0.15) is 20.1 Å². The van der Waals surface area contributed by atoms with Crippen molar-refractivity contribution in [2.24, 2.45) is 5.11 Å². The number of hydrogen-bond donors (Lipinski definition) is 1. The summed E-state index contributed by atoms with van der Waals surface area (Å²) in [5.74, 6) is 0.358. The van der Waals surface area contributed by atoms with Crippen molar-refractivity contribution in [3.63, 3.8) is 0 Å². The molecule has 1 aliphatic rings. The van der Waals surface area contributed by atoms with E-state index >= 15 is 0 Å². The third-order valence-electron chi connectivity index (χ3n) is 4.95. The molecule has 1 aliphatic heterocycles. The molecule has 1 aromatic carbocycles. The van der Waals surface area contributed by atoms with Gasteiger partial charge in [0.15, 0.2) is 28.7 Å². The first-order chi connectivity index (χ1) is 16.0. The topological polar surface area (TPSA) is 172 Å². The van der Waals surface area contributed by atoms with Gasteiger partial charge in [0.2, 0.25) is 20.9 Å². The Labute approximate surface area is 189 Å². The predicted molar refractivity (Wildman–Crippen MR) is 119 cm³/mol. The van der Waals surface area contributed by atoms with Crippen LogP contribution in [0.2, 0.25) is 0 Å². The number of ketones is 1. The lowest BCUT2D eigenvalue weighted by atomic mass is 9.95. The van der Waals surface area contributed by atoms with Gasteiger partial charge in [0.1, 0.15) is 11.9 Å². The normalized spacial score (nSPS) is 22.7. The number of rotatable bonds is 9. The van der Waals surface area contributed by atoms with Crippen molar-refractivity contribution in [3.8, 4) is 11.6 Å². The number of benzene rings is 1. The summed E-state index contributed by atoms with van der Waals surface area (Å²) in [5, 5.41) is 3.76. The second-order valence-electron chi connectivity index (χ2n) is 7.13. The Kier molecular flexibility index (Phi) is 6.57. The molecule has 0 amide bonds. The summed E-state index contributed by atoms with van der Waals surface area (Å²) in [6, 6.07) is 9.12. The molecule has 13 nitrogen and oxygen atoms in total. The zero-order valence-corrected chi connectivity index (χ0v) is 18.8. The smallest absolute Gasteiger partial charge is 0.247 e. The molecule has 33 heavy (non-hydrogen) atoms. The number of imidazole rings is 1. The third kappa shape index (κ3) is 4.39. The van der Waals surface area contributed by atoms with Gasteiger partial charge in [0, 0.05) is 4.91 Å². The second kappa shape index (κ2) is 9.55. The summed E-state index contributed by atoms with van der Waals surface area (Å²) in [4.78, 5) is 28.6. The SMILES string of the molecule is CCOc1nc(N)nc2c1ncn2[C@@H]1O[C@H](COPOc2ccccc2)C(=O)[C@@]1(C)N=[N+]=[N-]. The van der Waals surface area contributed by atoms with Gasteiger partial charge in [-0.05, 0) is 31.5 Å². The highest BCUT2D eigenvalue weighted by atomic mass is 31.1. The number of anilines is 1. The van der Waals surface area contributed by atoms with Gasteiger partial charge >= 0.3 is 0 Å². The monoisotopic (exact) mass is 472 g/mol. The molecule has 1 saturated heterocycles. The summed E-state index contributed by atoms with van der Waals surface area (Å²) in [5.41, 5.74) is 14.0. The van der Waals surface area contributed by atoms with E-state index in [1.54, 1.807) is 19.1 Å². The van der Waals surface area contributed by atoms with E-state index < -0.39 is 23.7 Å². The van der Waals surface area contributed by atoms with Crippen LogP contribution in [-0.4, -0.2) is 50.2 Å². The lowest BCUT2D eigenvalue weighted by Crippen LogP contribution is -2.38. The molecule has 0 spiro atoms. The molecule has 3 aromatic rings. The largest absolute Gasteiger partial charge is 0.476 e. The first kappa shape index (κ1) is 22.7. The van der Waals surface area contributed by atoms with Crippen LogP contribution in [-0.2, 0) is 14.1 Å². The number of aromatic nitrogens is 4. The van der Waals surface area contributed by atoms with Crippen molar-refractivity contribution >= 4 is 31.9 Å². The number of Topliss-reactive ketones (excluding diaryl/α,β-unsaturated/α-hetero) is 1. The molecule has 3 heterocycles. The molecule has 2 N–H and O–H groups in total. The Morgan fingerprint density at radius 1 is 1.36 bits per heavy atom. The van der Waals surface area contributed by atoms with E-state index in [-0.39, 0.29) is 33.1 Å². The number of carbonyl (C=O) groups excluding carboxylic acids is 1. The molecule has 14 heteroatoms. The first-order valence-corrected chi connectivity index (χ1v) is 10.8. The maximum absolute atomic E-state index is 13.1. The number of carbonyl (C=O) groups is 1. The second-order valence-corrected chi connectivity index (χ2v) is 7.79. The van der Waals surface area contributed by atoms with Crippen LogP contribution in [0.3, 0.4) is 0 Å². The fraction of sp³-hybridized carbons (Fsp3) is 0.368. The summed E-state index contributed by atoms with van der Waals surface area (Å²) in [6.45, 7) is 3.54. The van der Waals surface area contributed by atoms with Gasteiger partial charge in [0.25, 0.3) is 0 Å². The Bertz CT molecular complexity index is 1200. The minimum absolute atomic E-state index is 0.0401. The number of para-hydroxylation sites is 1. The lowest BCUT2D eigenvalue weighted by molar-refractivity contribution is -0.126. The number of fused-ring (bicyclic) bond motifs is 1. The molecule has 0 saturated carbocycles. The molecule has 0 radical (unpaired) electrons. The molecule has 0 aliphatic carbocycles. The maximum Gasteiger partial charge on any atom is 0.247 e. The Morgan fingerprint density at radius 2 is 2.15 bits per heavy atom. The van der Waals surface area contributed by atoms with Crippen LogP contribution < -0.4 is 15.0 Å². The van der Waals surface area contributed by atoms with E-state index in [0.29, 0.717) is 17.9 Å². The zero-order chi connectivity index (χ0) is 23.4. The van der Waals surface area contributed by atoms with Crippen molar-refractivity contribution < 1.29 is 23.3 Å². The molecular weight excluding hydrogens is 451 g/mol. The molecule has 1 fully saturated rings. The average molecular weight is 472 g/mol. The van der Waals surface area contributed by atoms with Crippen LogP contribution >= 0.6 is 9.03 Å². The van der Waals surface area contributed by atoms with E-state index in [1.165, 1.54) is 17.8 Å². The van der Waals surface area contributed by atoms with E-state index in [4.69, 9.17) is 29.8 Å². The highest BCUT2D eigenvalue weighted by Crippen LogP contribution is 2.41. The minimum atomic E-state index is -1.58. The minimum Gasteiger partial charge on any atom is -0.476 e. The first-order valence-electron chi connectivity index (χ1n) is 9.95. The van der Waals surface area contributed by atoms with Crippen LogP contribution in [0.15, 0.2) is 41.8 Å². The van der Waals surface area contributed by atoms with Crippen molar-refractivity contribution in [1.29, 1.82) is 0 Å². The molecule has 0 bridgehead atoms. The zero-order valence-electron chi connectivity index (χ0n) is 17.8. The highest BCUT2D eigenvalue weighted by Gasteiger charge is 2.54. The third-order valence-corrected chi connectivity index (χ3v) is 5.56. The average Bonchev–Trinajstić information content (AvgIpc) is 3.32. The number of ether oxygens (including phenoxy) is 2. The maximum atomic E-state index is 13.1. The van der Waals surface area contributed by atoms with Gasteiger partial charge in [-0.15, -0.1) is 0 Å². The van der Waals surface area contributed by atoms with Gasteiger partial charge in [-0.1, -0.05) is 23.3 Å². The fourth-order valence-electron chi connectivity index (χ4n) is 3.43. The van der Waals surface area contributed by atoms with Crippen molar-refractivity contribution in [3.05, 3.63) is 47.1 Å². The van der Waals surface area contributed by atoms with E-state index in [9.17, 15) is 4.79 Å². The van der Waals surface area contributed by atoms with Crippen molar-refractivity contribution in [1.82, 2.24) is 19.5 Å². The van der Waals surface area contributed by atoms with Gasteiger partial charge in [-0.25, -0.2) is 4.98 Å². The predicted octanol–water partition coefficient (Wildman–Crippen LogP) is 2.95. The number of azide groups is 1. The van der Waals surface area contributed by atoms with Crippen LogP contribution in [0, 0.1) is 0 Å². The summed E-state index contributed by atoms with van der Waals surface area (Å²) in [6.07, 6.45) is -0.629. The van der Waals surface area contributed by atoms with Gasteiger partial charge in [-0.2, -0.15) is 9.97 Å². The molecular formula is C19H21N8O5P. The summed E-state index contributed by atoms with van der Waals surface area (Å²) in [7, 11) is -0.354. The lowest BCUT2D eigenvalue weighted by Gasteiger charge is -2.24. The van der Waals surface area contributed by atoms with Crippen LogP contribution in [0.4, 0.5) is 5.95 Å². The van der Waals surface area contributed by atoms with Crippen LogP contribution in [0.5, 0.6) is 11.6 Å². The van der Waals surface area contributed by atoms with E-state index in [1.807, 2.05) is 18.2 Å². The van der Waals surface area contributed by atoms with Gasteiger partial charge in [-0.3, -0.25) is 9.36 Å². The van der Waals surface area contributed by atoms with Crippen molar-refractivity contribution in [2.45, 2.75) is 31.7 Å². The Morgan fingerprint density at radius 3 is 2.88 bits per heavy atom. The molecule has 4 atom stereocenters. The Balaban J connectivity index is 1.57. The Hall–Kier alpha value is -3.50. The molecule has 2 aromatic heterocycles. The standard InChI is InChI=1S/C19H21N8O5P/c1-3-29-16-13-15(23-18(20)24-16)27(10-22-13)17-19(2,25-26-21)14(28)12(31-17)9-30-33-32-11-7-5-4-6-8-11/h4-8,10,12,17,33H,3,9H2,1-2H3,(H2,20,23,24)/t12-,17-,19-/m1/s1. The van der Waals surface area contributed by atoms with Crippen LogP contribution in [0.25, 0.3) is 21.6 Å². The van der Waals surface area contributed by atoms with E-state index in [0.717, 1.165) is 0 Å². The number of nitrogen functional groups attached to an aromatic ring is 1. The fourth-order valence-corrected chi connectivity index (χ4v) is 3.94. The summed E-state index contributed by atoms with van der Waals surface area (Å²) >= 11 is 0. The highest BCUT2D eigenvalue weighted by molar-refractivity contribution is 7.26. The molecule has 172 valence electrons. The van der Waals surface area contributed by atoms with Crippen molar-refractivity contribution in [2.75, 3.05) is 18.9 Å². The van der Waals surface area contributed by atoms with E-state index in [2.05, 4.69) is 25.0 Å². The number of hydrogen-bond acceptors (Lipinski definition) is 10. The quantitative estimate of drug-likeness (QED) is 0.161.